The Morgan fingerprint density at radius 1 is 1.19 bits per heavy atom. The number of hydrogen-bond donors (Lipinski definition) is 1. The number of benzene rings is 2. The van der Waals surface area contributed by atoms with Crippen LogP contribution in [0.15, 0.2) is 47.6 Å². The smallest absolute Gasteiger partial charge is 0.124 e. The van der Waals surface area contributed by atoms with Crippen LogP contribution >= 0.6 is 0 Å². The minimum atomic E-state index is -0.679. The van der Waals surface area contributed by atoms with Gasteiger partial charge < -0.3 is 10.1 Å². The Labute approximate surface area is 170 Å². The van der Waals surface area contributed by atoms with Crippen molar-refractivity contribution in [2.24, 2.45) is 4.99 Å². The molecule has 1 heterocycles. The first-order chi connectivity index (χ1) is 12.4. The molecule has 0 atom stereocenters. The normalized spacial score (nSPS) is 10.1. The van der Waals surface area contributed by atoms with E-state index in [-0.39, 0.29) is 31.4 Å². The summed E-state index contributed by atoms with van der Waals surface area (Å²) >= 11 is 0. The van der Waals surface area contributed by atoms with Gasteiger partial charge in [-0.1, -0.05) is 23.8 Å². The fraction of sp³-hybridized carbons (Fsp3) is 0.150. The zero-order chi connectivity index (χ0) is 19.1. The van der Waals surface area contributed by atoms with Gasteiger partial charge in [-0.3, -0.25) is 18.8 Å². The predicted molar refractivity (Wildman–Crippen MR) is 97.3 cm³/mol. The summed E-state index contributed by atoms with van der Waals surface area (Å²) in [7, 11) is 1.67. The van der Waals surface area contributed by atoms with E-state index in [0.717, 1.165) is 23.4 Å². The van der Waals surface area contributed by atoms with Crippen LogP contribution in [0.4, 0.5) is 8.78 Å². The number of nitrogens with zero attached hydrogens (tertiary/aromatic N) is 3. The van der Waals surface area contributed by atoms with Gasteiger partial charge in [-0.05, 0) is 26.0 Å². The molecule has 0 amide bonds. The van der Waals surface area contributed by atoms with E-state index < -0.39 is 11.6 Å². The van der Waals surface area contributed by atoms with Gasteiger partial charge in [-0.15, -0.1) is 12.1 Å². The van der Waals surface area contributed by atoms with Crippen molar-refractivity contribution in [2.45, 2.75) is 13.8 Å². The van der Waals surface area contributed by atoms with Crippen molar-refractivity contribution in [3.8, 4) is 17.0 Å². The van der Waals surface area contributed by atoms with E-state index in [9.17, 15) is 8.78 Å². The SMILES string of the molecule is CN=Cc1ccccc1O.Cc1cnc(-c2[c-]cc(F)cc2F)c(C)n1.[Ir]. The number of aromatic hydroxyl groups is 1. The molecule has 143 valence electrons. The molecule has 0 spiro atoms. The van der Waals surface area contributed by atoms with Crippen molar-refractivity contribution >= 4 is 6.21 Å². The van der Waals surface area contributed by atoms with Crippen molar-refractivity contribution in [1.82, 2.24) is 9.97 Å². The molecule has 7 heteroatoms. The van der Waals surface area contributed by atoms with Gasteiger partial charge in [-0.25, -0.2) is 0 Å². The van der Waals surface area contributed by atoms with Crippen molar-refractivity contribution in [2.75, 3.05) is 7.05 Å². The Balaban J connectivity index is 0.000000288. The third-order valence-corrected chi connectivity index (χ3v) is 3.37. The molecule has 0 saturated carbocycles. The van der Waals surface area contributed by atoms with E-state index in [0.29, 0.717) is 11.4 Å². The molecule has 0 aliphatic heterocycles. The average Bonchev–Trinajstić information content (AvgIpc) is 2.59. The summed E-state index contributed by atoms with van der Waals surface area (Å²) in [5.41, 5.74) is 2.64. The number of halogens is 2. The standard InChI is InChI=1S/C12H9F2N2.C8H9NO.Ir/c1-7-6-15-12(8(2)16-7)10-4-3-9(13)5-11(10)14;1-9-6-7-4-2-3-5-8(7)10;/h3,5-6H,1-2H3;2-6,10H,1H3;/q-1;;. The van der Waals surface area contributed by atoms with Gasteiger partial charge in [-0.2, -0.15) is 0 Å². The third-order valence-electron chi connectivity index (χ3n) is 3.37. The third kappa shape index (κ3) is 6.31. The van der Waals surface area contributed by atoms with E-state index in [1.54, 1.807) is 45.4 Å². The van der Waals surface area contributed by atoms with Crippen LogP contribution in [-0.4, -0.2) is 28.3 Å². The van der Waals surface area contributed by atoms with Crippen molar-refractivity contribution in [3.05, 3.63) is 77.2 Å². The molecule has 1 N–H and O–H groups in total. The molecule has 0 aliphatic carbocycles. The molecular weight excluding hydrogens is 528 g/mol. The first-order valence-electron chi connectivity index (χ1n) is 7.80. The molecule has 4 nitrogen and oxygen atoms in total. The first kappa shape index (κ1) is 22.5. The zero-order valence-corrected chi connectivity index (χ0v) is 17.4. The minimum Gasteiger partial charge on any atom is -0.507 e. The van der Waals surface area contributed by atoms with E-state index >= 15 is 0 Å². The summed E-state index contributed by atoms with van der Waals surface area (Å²) in [6, 6.07) is 11.5. The molecule has 1 aromatic heterocycles. The van der Waals surface area contributed by atoms with Gasteiger partial charge in [0, 0.05) is 68.2 Å². The summed E-state index contributed by atoms with van der Waals surface area (Å²) < 4.78 is 26.2. The van der Waals surface area contributed by atoms with Crippen molar-refractivity contribution < 1.29 is 34.0 Å². The summed E-state index contributed by atoms with van der Waals surface area (Å²) in [5.74, 6) is -1.06. The summed E-state index contributed by atoms with van der Waals surface area (Å²) in [4.78, 5) is 12.0. The van der Waals surface area contributed by atoms with Crippen LogP contribution in [-0.2, 0) is 20.1 Å². The van der Waals surface area contributed by atoms with E-state index in [1.165, 1.54) is 0 Å². The van der Waals surface area contributed by atoms with Gasteiger partial charge in [0.15, 0.2) is 0 Å². The summed E-state index contributed by atoms with van der Waals surface area (Å²) in [5, 5.41) is 9.15. The second-order valence-corrected chi connectivity index (χ2v) is 5.43. The van der Waals surface area contributed by atoms with Crippen LogP contribution in [0.25, 0.3) is 11.3 Å². The van der Waals surface area contributed by atoms with E-state index in [1.807, 2.05) is 12.1 Å². The molecule has 0 fully saturated rings. The molecule has 1 radical (unpaired) electrons. The fourth-order valence-corrected chi connectivity index (χ4v) is 2.21. The van der Waals surface area contributed by atoms with Crippen LogP contribution in [0, 0.1) is 31.5 Å². The Bertz CT molecular complexity index is 883. The van der Waals surface area contributed by atoms with Crippen molar-refractivity contribution in [3.63, 3.8) is 0 Å². The van der Waals surface area contributed by atoms with Gasteiger partial charge in [0.25, 0.3) is 0 Å². The number of para-hydroxylation sites is 1. The predicted octanol–water partition coefficient (Wildman–Crippen LogP) is 4.28. The first-order valence-corrected chi connectivity index (χ1v) is 7.80. The van der Waals surface area contributed by atoms with Gasteiger partial charge >= 0.3 is 0 Å². The second kappa shape index (κ2) is 10.6. The maximum atomic E-state index is 13.5. The Morgan fingerprint density at radius 3 is 2.48 bits per heavy atom. The van der Waals surface area contributed by atoms with Crippen LogP contribution in [0.3, 0.4) is 0 Å². The molecule has 3 aromatic rings. The molecule has 27 heavy (non-hydrogen) atoms. The Hall–Kier alpha value is -2.50. The van der Waals surface area contributed by atoms with Crippen LogP contribution in [0.5, 0.6) is 5.75 Å². The number of hydrogen-bond acceptors (Lipinski definition) is 4. The second-order valence-electron chi connectivity index (χ2n) is 5.43. The minimum absolute atomic E-state index is 0. The topological polar surface area (TPSA) is 58.4 Å². The quantitative estimate of drug-likeness (QED) is 0.386. The Morgan fingerprint density at radius 2 is 1.89 bits per heavy atom. The Kier molecular flexibility index (Phi) is 8.85. The van der Waals surface area contributed by atoms with E-state index in [4.69, 9.17) is 5.11 Å². The van der Waals surface area contributed by atoms with E-state index in [2.05, 4.69) is 21.0 Å². The number of rotatable bonds is 2. The van der Waals surface area contributed by atoms with Crippen LogP contribution in [0.1, 0.15) is 17.0 Å². The van der Waals surface area contributed by atoms with Gasteiger partial charge in [0.05, 0.1) is 5.69 Å². The number of aliphatic imine (C=N–C) groups is 1. The average molecular weight is 547 g/mol. The molecule has 3 rings (SSSR count). The molecule has 0 aliphatic rings. The molecule has 0 bridgehead atoms. The monoisotopic (exact) mass is 547 g/mol. The fourth-order valence-electron chi connectivity index (χ4n) is 2.21. The van der Waals surface area contributed by atoms with Crippen LogP contribution in [0.2, 0.25) is 0 Å². The molecular formula is C20H18F2IrN3O-. The number of aromatic nitrogens is 2. The maximum Gasteiger partial charge on any atom is 0.124 e. The van der Waals surface area contributed by atoms with Crippen molar-refractivity contribution in [1.29, 1.82) is 0 Å². The summed E-state index contributed by atoms with van der Waals surface area (Å²) in [6.07, 6.45) is 3.16. The number of aryl methyl sites for hydroxylation is 2. The van der Waals surface area contributed by atoms with Crippen LogP contribution < -0.4 is 0 Å². The molecule has 0 unspecified atom stereocenters. The van der Waals surface area contributed by atoms with Gasteiger partial charge in [0.1, 0.15) is 5.75 Å². The largest absolute Gasteiger partial charge is 0.507 e. The number of phenolic OH excluding ortho intramolecular Hbond substituents is 1. The maximum absolute atomic E-state index is 13.5. The summed E-state index contributed by atoms with van der Waals surface area (Å²) in [6.45, 7) is 3.53. The van der Waals surface area contributed by atoms with Gasteiger partial charge in [0.2, 0.25) is 0 Å². The molecule has 2 aromatic carbocycles. The number of phenols is 1. The zero-order valence-electron chi connectivity index (χ0n) is 15.0. The molecule has 0 saturated heterocycles.